The highest BCUT2D eigenvalue weighted by molar-refractivity contribution is 9.11. The topological polar surface area (TPSA) is 12.9 Å². The third-order valence-corrected chi connectivity index (χ3v) is 2.89. The van der Waals surface area contributed by atoms with Gasteiger partial charge in [0.1, 0.15) is 9.21 Å². The summed E-state index contributed by atoms with van der Waals surface area (Å²) in [4.78, 5) is 4.21. The number of halogens is 2. The highest BCUT2D eigenvalue weighted by Crippen LogP contribution is 2.20. The van der Waals surface area contributed by atoms with Crippen molar-refractivity contribution >= 4 is 31.9 Å². The molecule has 3 heteroatoms. The zero-order chi connectivity index (χ0) is 7.72. The summed E-state index contributed by atoms with van der Waals surface area (Å²) >= 11 is 6.68. The van der Waals surface area contributed by atoms with E-state index in [1.54, 1.807) is 0 Å². The molecule has 54 valence electrons. The molecule has 0 saturated heterocycles. The number of aryl methyl sites for hydroxylation is 2. The smallest absolute Gasteiger partial charge is 0.110 e. The van der Waals surface area contributed by atoms with E-state index in [9.17, 15) is 0 Å². The molecule has 0 fully saturated rings. The summed E-state index contributed by atoms with van der Waals surface area (Å²) in [5, 5.41) is 0. The quantitative estimate of drug-likeness (QED) is 0.656. The molecular formula is C7H7Br2N. The molecule has 0 aromatic carbocycles. The van der Waals surface area contributed by atoms with Gasteiger partial charge in [0.05, 0.1) is 0 Å². The lowest BCUT2D eigenvalue weighted by Crippen LogP contribution is -1.86. The third-order valence-electron chi connectivity index (χ3n) is 1.28. The van der Waals surface area contributed by atoms with Crippen LogP contribution in [-0.4, -0.2) is 4.98 Å². The molecule has 1 nitrogen and oxygen atoms in total. The molecule has 0 bridgehead atoms. The van der Waals surface area contributed by atoms with E-state index in [0.29, 0.717) is 0 Å². The Balaban J connectivity index is 3.28. The average Bonchev–Trinajstić information content (AvgIpc) is 1.84. The summed E-state index contributed by atoms with van der Waals surface area (Å²) in [5.74, 6) is 0. The largest absolute Gasteiger partial charge is 0.233 e. The van der Waals surface area contributed by atoms with E-state index in [1.165, 1.54) is 11.1 Å². The maximum atomic E-state index is 4.21. The molecular weight excluding hydrogens is 258 g/mol. The Bertz CT molecular complexity index is 208. The summed E-state index contributed by atoms with van der Waals surface area (Å²) in [5.41, 5.74) is 2.33. The van der Waals surface area contributed by atoms with Gasteiger partial charge >= 0.3 is 0 Å². The zero-order valence-electron chi connectivity index (χ0n) is 5.78. The van der Waals surface area contributed by atoms with Crippen molar-refractivity contribution in [1.29, 1.82) is 0 Å². The zero-order valence-corrected chi connectivity index (χ0v) is 8.95. The van der Waals surface area contributed by atoms with Crippen LogP contribution in [-0.2, 0) is 0 Å². The Kier molecular flexibility index (Phi) is 2.47. The second-order valence-electron chi connectivity index (χ2n) is 2.20. The van der Waals surface area contributed by atoms with Crippen molar-refractivity contribution in [3.63, 3.8) is 0 Å². The molecule has 1 aromatic heterocycles. The molecule has 1 rings (SSSR count). The molecule has 10 heavy (non-hydrogen) atoms. The molecule has 0 aliphatic rings. The van der Waals surface area contributed by atoms with Gasteiger partial charge < -0.3 is 0 Å². The Morgan fingerprint density at radius 3 is 1.80 bits per heavy atom. The van der Waals surface area contributed by atoms with Crippen LogP contribution in [0.3, 0.4) is 0 Å². The van der Waals surface area contributed by atoms with Crippen molar-refractivity contribution in [3.05, 3.63) is 26.4 Å². The summed E-state index contributed by atoms with van der Waals surface area (Å²) in [6.45, 7) is 4.05. The Hall–Kier alpha value is 0.110. The molecule has 1 aromatic rings. The van der Waals surface area contributed by atoms with Crippen molar-refractivity contribution < 1.29 is 0 Å². The molecule has 1 heterocycles. The molecule has 0 unspecified atom stereocenters. The van der Waals surface area contributed by atoms with E-state index in [4.69, 9.17) is 0 Å². The molecule has 0 atom stereocenters. The highest BCUT2D eigenvalue weighted by Gasteiger charge is 1.99. The molecule has 0 amide bonds. The van der Waals surface area contributed by atoms with Crippen LogP contribution in [0.15, 0.2) is 15.3 Å². The molecule has 0 aliphatic carbocycles. The minimum Gasteiger partial charge on any atom is -0.233 e. The van der Waals surface area contributed by atoms with Crippen LogP contribution >= 0.6 is 31.9 Å². The fraction of sp³-hybridized carbons (Fsp3) is 0.286. The first-order valence-electron chi connectivity index (χ1n) is 2.90. The maximum absolute atomic E-state index is 4.21. The lowest BCUT2D eigenvalue weighted by molar-refractivity contribution is 1.14. The van der Waals surface area contributed by atoms with Gasteiger partial charge in [-0.15, -0.1) is 0 Å². The van der Waals surface area contributed by atoms with Crippen molar-refractivity contribution in [2.45, 2.75) is 13.8 Å². The van der Waals surface area contributed by atoms with Crippen LogP contribution in [0.1, 0.15) is 11.1 Å². The van der Waals surface area contributed by atoms with Crippen molar-refractivity contribution in [2.24, 2.45) is 0 Å². The van der Waals surface area contributed by atoms with Crippen LogP contribution < -0.4 is 0 Å². The first-order valence-corrected chi connectivity index (χ1v) is 4.49. The molecule has 0 saturated carbocycles. The molecule has 0 aliphatic heterocycles. The Morgan fingerprint density at radius 1 is 1.10 bits per heavy atom. The number of hydrogen-bond acceptors (Lipinski definition) is 1. The second kappa shape index (κ2) is 3.01. The summed E-state index contributed by atoms with van der Waals surface area (Å²) in [7, 11) is 0. The van der Waals surface area contributed by atoms with Gasteiger partial charge in [0, 0.05) is 0 Å². The predicted molar refractivity (Wildman–Crippen MR) is 49.1 cm³/mol. The standard InChI is InChI=1S/C7H7Br2N/c1-4-3-5(2)7(9)10-6(4)8/h3H,1-2H3. The van der Waals surface area contributed by atoms with Gasteiger partial charge in [-0.25, -0.2) is 4.98 Å². The van der Waals surface area contributed by atoms with Crippen molar-refractivity contribution in [2.75, 3.05) is 0 Å². The van der Waals surface area contributed by atoms with Gasteiger partial charge in [-0.05, 0) is 56.8 Å². The van der Waals surface area contributed by atoms with E-state index in [-0.39, 0.29) is 0 Å². The monoisotopic (exact) mass is 263 g/mol. The van der Waals surface area contributed by atoms with Gasteiger partial charge in [-0.3, -0.25) is 0 Å². The van der Waals surface area contributed by atoms with Gasteiger partial charge in [-0.1, -0.05) is 6.07 Å². The number of pyridine rings is 1. The maximum Gasteiger partial charge on any atom is 0.110 e. The Morgan fingerprint density at radius 2 is 1.50 bits per heavy atom. The number of hydrogen-bond donors (Lipinski definition) is 0. The highest BCUT2D eigenvalue weighted by atomic mass is 79.9. The fourth-order valence-corrected chi connectivity index (χ4v) is 1.53. The van der Waals surface area contributed by atoms with Gasteiger partial charge in [0.15, 0.2) is 0 Å². The Labute approximate surface area is 77.1 Å². The van der Waals surface area contributed by atoms with Crippen LogP contribution in [0.2, 0.25) is 0 Å². The predicted octanol–water partition coefficient (Wildman–Crippen LogP) is 3.22. The molecule has 0 radical (unpaired) electrons. The molecule has 0 spiro atoms. The third kappa shape index (κ3) is 1.58. The van der Waals surface area contributed by atoms with E-state index < -0.39 is 0 Å². The lowest BCUT2D eigenvalue weighted by atomic mass is 10.2. The first kappa shape index (κ1) is 8.21. The van der Waals surface area contributed by atoms with Gasteiger partial charge in [-0.2, -0.15) is 0 Å². The number of aromatic nitrogens is 1. The van der Waals surface area contributed by atoms with E-state index in [2.05, 4.69) is 42.9 Å². The molecule has 0 N–H and O–H groups in total. The van der Waals surface area contributed by atoms with Crippen molar-refractivity contribution in [3.8, 4) is 0 Å². The van der Waals surface area contributed by atoms with Crippen LogP contribution in [0, 0.1) is 13.8 Å². The van der Waals surface area contributed by atoms with Crippen LogP contribution in [0.4, 0.5) is 0 Å². The fourth-order valence-electron chi connectivity index (χ4n) is 0.706. The van der Waals surface area contributed by atoms with E-state index in [1.807, 2.05) is 13.8 Å². The van der Waals surface area contributed by atoms with E-state index in [0.717, 1.165) is 9.21 Å². The summed E-state index contributed by atoms with van der Waals surface area (Å²) < 4.78 is 1.81. The number of nitrogens with zero attached hydrogens (tertiary/aromatic N) is 1. The van der Waals surface area contributed by atoms with Crippen LogP contribution in [0.25, 0.3) is 0 Å². The average molecular weight is 265 g/mol. The second-order valence-corrected chi connectivity index (χ2v) is 3.71. The minimum atomic E-state index is 0.907. The first-order chi connectivity index (χ1) is 4.61. The normalized spacial score (nSPS) is 10.0. The van der Waals surface area contributed by atoms with Crippen molar-refractivity contribution in [1.82, 2.24) is 4.98 Å². The lowest BCUT2D eigenvalue weighted by Gasteiger charge is -2.00. The van der Waals surface area contributed by atoms with Gasteiger partial charge in [0.2, 0.25) is 0 Å². The van der Waals surface area contributed by atoms with Crippen LogP contribution in [0.5, 0.6) is 0 Å². The van der Waals surface area contributed by atoms with Gasteiger partial charge in [0.25, 0.3) is 0 Å². The van der Waals surface area contributed by atoms with E-state index >= 15 is 0 Å². The summed E-state index contributed by atoms with van der Waals surface area (Å²) in [6, 6.07) is 2.08. The summed E-state index contributed by atoms with van der Waals surface area (Å²) in [6.07, 6.45) is 0. The SMILES string of the molecule is Cc1cc(C)c(Br)nc1Br. The minimum absolute atomic E-state index is 0.907. The number of rotatable bonds is 0.